The zero-order chi connectivity index (χ0) is 21.0. The molecule has 0 aliphatic carbocycles. The first-order valence-corrected chi connectivity index (χ1v) is 9.49. The van der Waals surface area contributed by atoms with Crippen LogP contribution in [0.4, 0.5) is 28.7 Å². The van der Waals surface area contributed by atoms with Gasteiger partial charge in [-0.05, 0) is 37.6 Å². The van der Waals surface area contributed by atoms with Gasteiger partial charge in [-0.2, -0.15) is 0 Å². The largest absolute Gasteiger partial charge is 0.495 e. The number of halogens is 1. The molecule has 8 heteroatoms. The van der Waals surface area contributed by atoms with Crippen molar-refractivity contribution in [2.75, 3.05) is 36.7 Å². The molecular weight excluding hydrogens is 390 g/mol. The predicted molar refractivity (Wildman–Crippen MR) is 118 cm³/mol. The number of hydrogen-bond donors (Lipinski definition) is 2. The summed E-state index contributed by atoms with van der Waals surface area (Å²) < 4.78 is 10.7. The van der Waals surface area contributed by atoms with Gasteiger partial charge in [0.25, 0.3) is 0 Å². The minimum atomic E-state index is 0.421. The molecule has 0 saturated carbocycles. The van der Waals surface area contributed by atoms with Gasteiger partial charge < -0.3 is 25.4 Å². The number of ether oxygens (including phenoxy) is 2. The van der Waals surface area contributed by atoms with Gasteiger partial charge in [0.2, 0.25) is 0 Å². The summed E-state index contributed by atoms with van der Waals surface area (Å²) in [5.41, 5.74) is 9.65. The molecule has 3 N–H and O–H groups in total. The zero-order valence-electron chi connectivity index (χ0n) is 16.9. The summed E-state index contributed by atoms with van der Waals surface area (Å²) >= 11 is 6.27. The number of benzene rings is 2. The molecule has 152 valence electrons. The second kappa shape index (κ2) is 8.87. The van der Waals surface area contributed by atoms with Crippen LogP contribution in [0.2, 0.25) is 5.02 Å². The van der Waals surface area contributed by atoms with E-state index in [0.29, 0.717) is 46.1 Å². The van der Waals surface area contributed by atoms with E-state index in [1.54, 1.807) is 26.4 Å². The van der Waals surface area contributed by atoms with Crippen molar-refractivity contribution in [1.29, 1.82) is 0 Å². The zero-order valence-corrected chi connectivity index (χ0v) is 17.6. The standard InChI is InChI=1S/C21H24ClN5O2/c1-5-27(14-8-6-7-13(2)9-14)21-19(23)20(24-12-25-21)26-16-10-15(22)17(28-3)11-18(16)29-4/h6-12H,5,23H2,1-4H3,(H,24,25,26). The molecule has 2 aromatic carbocycles. The molecule has 0 radical (unpaired) electrons. The molecule has 0 fully saturated rings. The molecule has 3 aromatic rings. The molecule has 0 atom stereocenters. The Bertz CT molecular complexity index is 1010. The van der Waals surface area contributed by atoms with Crippen molar-refractivity contribution in [2.24, 2.45) is 0 Å². The number of aryl methyl sites for hydroxylation is 1. The maximum atomic E-state index is 6.44. The SMILES string of the molecule is CCN(c1cccc(C)c1)c1ncnc(Nc2cc(Cl)c(OC)cc2OC)c1N. The minimum Gasteiger partial charge on any atom is -0.495 e. The summed E-state index contributed by atoms with van der Waals surface area (Å²) in [5, 5.41) is 3.64. The summed E-state index contributed by atoms with van der Waals surface area (Å²) in [6, 6.07) is 11.6. The molecule has 0 aliphatic rings. The summed E-state index contributed by atoms with van der Waals surface area (Å²) in [6.45, 7) is 4.79. The van der Waals surface area contributed by atoms with Crippen LogP contribution in [0.5, 0.6) is 11.5 Å². The lowest BCUT2D eigenvalue weighted by atomic mass is 10.2. The monoisotopic (exact) mass is 413 g/mol. The van der Waals surface area contributed by atoms with Crippen LogP contribution >= 0.6 is 11.6 Å². The normalized spacial score (nSPS) is 10.5. The van der Waals surface area contributed by atoms with Gasteiger partial charge >= 0.3 is 0 Å². The fourth-order valence-corrected chi connectivity index (χ4v) is 3.28. The van der Waals surface area contributed by atoms with Gasteiger partial charge in [-0.15, -0.1) is 0 Å². The predicted octanol–water partition coefficient (Wildman–Crippen LogP) is 4.94. The first-order chi connectivity index (χ1) is 14.0. The van der Waals surface area contributed by atoms with Crippen molar-refractivity contribution in [3.8, 4) is 11.5 Å². The average Bonchev–Trinajstić information content (AvgIpc) is 2.71. The first kappa shape index (κ1) is 20.5. The van der Waals surface area contributed by atoms with Crippen molar-refractivity contribution in [1.82, 2.24) is 9.97 Å². The molecular formula is C21H24ClN5O2. The van der Waals surface area contributed by atoms with Crippen LogP contribution in [-0.4, -0.2) is 30.7 Å². The summed E-state index contributed by atoms with van der Waals surface area (Å²) in [4.78, 5) is 10.8. The van der Waals surface area contributed by atoms with Crippen molar-refractivity contribution >= 4 is 40.3 Å². The minimum absolute atomic E-state index is 0.421. The van der Waals surface area contributed by atoms with Crippen LogP contribution in [0.3, 0.4) is 0 Å². The number of nitrogens with two attached hydrogens (primary N) is 1. The highest BCUT2D eigenvalue weighted by Gasteiger charge is 2.18. The van der Waals surface area contributed by atoms with Gasteiger partial charge in [0, 0.05) is 18.3 Å². The van der Waals surface area contributed by atoms with Crippen molar-refractivity contribution < 1.29 is 9.47 Å². The Hall–Kier alpha value is -3.19. The van der Waals surface area contributed by atoms with Crippen LogP contribution in [0, 0.1) is 6.92 Å². The second-order valence-electron chi connectivity index (χ2n) is 6.35. The highest BCUT2D eigenvalue weighted by atomic mass is 35.5. The quantitative estimate of drug-likeness (QED) is 0.567. The van der Waals surface area contributed by atoms with Crippen LogP contribution in [0.15, 0.2) is 42.7 Å². The number of methoxy groups -OCH3 is 2. The van der Waals surface area contributed by atoms with E-state index in [0.717, 1.165) is 11.3 Å². The van der Waals surface area contributed by atoms with Crippen LogP contribution in [-0.2, 0) is 0 Å². The lowest BCUT2D eigenvalue weighted by Crippen LogP contribution is -2.20. The molecule has 29 heavy (non-hydrogen) atoms. The molecule has 0 unspecified atom stereocenters. The van der Waals surface area contributed by atoms with E-state index < -0.39 is 0 Å². The number of nitrogens with zero attached hydrogens (tertiary/aromatic N) is 3. The van der Waals surface area contributed by atoms with E-state index >= 15 is 0 Å². The number of hydrogen-bond acceptors (Lipinski definition) is 7. The Balaban J connectivity index is 2.00. The molecule has 1 aromatic heterocycles. The van der Waals surface area contributed by atoms with Gasteiger partial charge in [0.1, 0.15) is 23.5 Å². The fourth-order valence-electron chi connectivity index (χ4n) is 3.04. The highest BCUT2D eigenvalue weighted by Crippen LogP contribution is 2.39. The smallest absolute Gasteiger partial charge is 0.161 e. The molecule has 1 heterocycles. The number of rotatable bonds is 7. The van der Waals surface area contributed by atoms with E-state index in [-0.39, 0.29) is 0 Å². The number of aromatic nitrogens is 2. The fraction of sp³-hybridized carbons (Fsp3) is 0.238. The molecule has 0 amide bonds. The third kappa shape index (κ3) is 4.30. The lowest BCUT2D eigenvalue weighted by molar-refractivity contribution is 0.396. The third-order valence-corrected chi connectivity index (χ3v) is 4.77. The van der Waals surface area contributed by atoms with E-state index in [2.05, 4.69) is 21.4 Å². The average molecular weight is 414 g/mol. The summed E-state index contributed by atoms with van der Waals surface area (Å²) in [5.74, 6) is 2.15. The van der Waals surface area contributed by atoms with Crippen LogP contribution in [0.1, 0.15) is 12.5 Å². The van der Waals surface area contributed by atoms with Gasteiger partial charge in [-0.1, -0.05) is 23.7 Å². The van der Waals surface area contributed by atoms with E-state index in [4.69, 9.17) is 26.8 Å². The Morgan fingerprint density at radius 1 is 1.10 bits per heavy atom. The van der Waals surface area contributed by atoms with Crippen molar-refractivity contribution in [2.45, 2.75) is 13.8 Å². The molecule has 0 bridgehead atoms. The molecule has 0 spiro atoms. The van der Waals surface area contributed by atoms with Crippen LogP contribution in [0.25, 0.3) is 0 Å². The van der Waals surface area contributed by atoms with Crippen LogP contribution < -0.4 is 25.4 Å². The van der Waals surface area contributed by atoms with Gasteiger partial charge in [0.05, 0.1) is 24.9 Å². The lowest BCUT2D eigenvalue weighted by Gasteiger charge is -2.24. The van der Waals surface area contributed by atoms with Gasteiger partial charge in [-0.25, -0.2) is 9.97 Å². The summed E-state index contributed by atoms with van der Waals surface area (Å²) in [6.07, 6.45) is 1.48. The Labute approximate surface area is 175 Å². The van der Waals surface area contributed by atoms with E-state index in [1.165, 1.54) is 6.33 Å². The first-order valence-electron chi connectivity index (χ1n) is 9.11. The maximum absolute atomic E-state index is 6.44. The van der Waals surface area contributed by atoms with Gasteiger partial charge in [-0.3, -0.25) is 0 Å². The Morgan fingerprint density at radius 2 is 1.86 bits per heavy atom. The second-order valence-corrected chi connectivity index (χ2v) is 6.76. The maximum Gasteiger partial charge on any atom is 0.161 e. The van der Waals surface area contributed by atoms with Crippen molar-refractivity contribution in [3.05, 3.63) is 53.3 Å². The molecule has 0 saturated heterocycles. The van der Waals surface area contributed by atoms with Gasteiger partial charge in [0.15, 0.2) is 11.6 Å². The highest BCUT2D eigenvalue weighted by molar-refractivity contribution is 6.32. The summed E-state index contributed by atoms with van der Waals surface area (Å²) in [7, 11) is 3.12. The van der Waals surface area contributed by atoms with Crippen molar-refractivity contribution in [3.63, 3.8) is 0 Å². The topological polar surface area (TPSA) is 85.5 Å². The van der Waals surface area contributed by atoms with E-state index in [1.807, 2.05) is 36.9 Å². The Morgan fingerprint density at radius 3 is 2.52 bits per heavy atom. The Kier molecular flexibility index (Phi) is 6.29. The number of nitrogen functional groups attached to an aromatic ring is 1. The number of anilines is 5. The molecule has 0 aliphatic heterocycles. The van der Waals surface area contributed by atoms with E-state index in [9.17, 15) is 0 Å². The molecule has 7 nitrogen and oxygen atoms in total. The third-order valence-electron chi connectivity index (χ3n) is 4.48. The number of nitrogens with one attached hydrogen (secondary N) is 1. The molecule has 3 rings (SSSR count).